The average molecular weight is 287 g/mol. The van der Waals surface area contributed by atoms with Gasteiger partial charge in [-0.25, -0.2) is 4.79 Å². The molecule has 3 nitrogen and oxygen atoms in total. The lowest BCUT2D eigenvalue weighted by Crippen LogP contribution is -2.00. The molecule has 0 unspecified atom stereocenters. The molecule has 0 aliphatic heterocycles. The molecule has 0 amide bonds. The standard InChI is InChI=1S/C16H17NO2S/c1-3-11-4-9-15(14(17)10-11)20-13-7-5-12(6-8-13)16(18)19-2/h4-10H,3,17H2,1-2H3. The van der Waals surface area contributed by atoms with Gasteiger partial charge in [-0.2, -0.15) is 0 Å². The first-order valence-corrected chi connectivity index (χ1v) is 7.20. The predicted molar refractivity (Wildman–Crippen MR) is 82.1 cm³/mol. The van der Waals surface area contributed by atoms with Crippen LogP contribution in [0.5, 0.6) is 0 Å². The van der Waals surface area contributed by atoms with Crippen molar-refractivity contribution in [1.29, 1.82) is 0 Å². The third-order valence-electron chi connectivity index (χ3n) is 2.99. The minimum atomic E-state index is -0.326. The number of aryl methyl sites for hydroxylation is 1. The van der Waals surface area contributed by atoms with Crippen molar-refractivity contribution in [2.24, 2.45) is 0 Å². The summed E-state index contributed by atoms with van der Waals surface area (Å²) < 4.78 is 4.67. The van der Waals surface area contributed by atoms with E-state index in [0.29, 0.717) is 5.56 Å². The first-order valence-electron chi connectivity index (χ1n) is 6.38. The van der Waals surface area contributed by atoms with Crippen LogP contribution < -0.4 is 5.73 Å². The molecule has 2 N–H and O–H groups in total. The van der Waals surface area contributed by atoms with Crippen LogP contribution >= 0.6 is 11.8 Å². The van der Waals surface area contributed by atoms with Crippen LogP contribution in [0.1, 0.15) is 22.8 Å². The van der Waals surface area contributed by atoms with Crippen LogP contribution in [0.4, 0.5) is 5.69 Å². The zero-order valence-corrected chi connectivity index (χ0v) is 12.4. The number of hydrogen-bond acceptors (Lipinski definition) is 4. The van der Waals surface area contributed by atoms with Crippen LogP contribution in [0.15, 0.2) is 52.3 Å². The van der Waals surface area contributed by atoms with Crippen LogP contribution in [0.25, 0.3) is 0 Å². The quantitative estimate of drug-likeness (QED) is 0.687. The Morgan fingerprint density at radius 2 is 1.90 bits per heavy atom. The maximum Gasteiger partial charge on any atom is 0.337 e. The third kappa shape index (κ3) is 3.33. The highest BCUT2D eigenvalue weighted by atomic mass is 32.2. The van der Waals surface area contributed by atoms with Crippen molar-refractivity contribution in [2.45, 2.75) is 23.1 Å². The lowest BCUT2D eigenvalue weighted by Gasteiger charge is -2.07. The van der Waals surface area contributed by atoms with E-state index >= 15 is 0 Å². The molecule has 2 aromatic rings. The maximum atomic E-state index is 11.4. The van der Waals surface area contributed by atoms with E-state index < -0.39 is 0 Å². The Balaban J connectivity index is 2.16. The summed E-state index contributed by atoms with van der Waals surface area (Å²) >= 11 is 1.58. The summed E-state index contributed by atoms with van der Waals surface area (Å²) in [6.07, 6.45) is 0.975. The molecule has 0 atom stereocenters. The van der Waals surface area contributed by atoms with Crippen molar-refractivity contribution in [3.8, 4) is 0 Å². The number of ether oxygens (including phenoxy) is 1. The number of carbonyl (C=O) groups is 1. The van der Waals surface area contributed by atoms with Gasteiger partial charge in [0, 0.05) is 15.5 Å². The van der Waals surface area contributed by atoms with E-state index in [-0.39, 0.29) is 5.97 Å². The molecule has 4 heteroatoms. The van der Waals surface area contributed by atoms with Crippen LogP contribution in [0.2, 0.25) is 0 Å². The minimum absolute atomic E-state index is 0.326. The van der Waals surface area contributed by atoms with E-state index in [4.69, 9.17) is 5.73 Å². The summed E-state index contributed by atoms with van der Waals surface area (Å²) in [5, 5.41) is 0. The molecule has 0 aliphatic rings. The second-order valence-electron chi connectivity index (χ2n) is 4.34. The number of carbonyl (C=O) groups excluding carboxylic acids is 1. The van der Waals surface area contributed by atoms with E-state index in [0.717, 1.165) is 21.9 Å². The Morgan fingerprint density at radius 3 is 2.45 bits per heavy atom. The molecule has 0 saturated carbocycles. The molecule has 0 heterocycles. The van der Waals surface area contributed by atoms with Gasteiger partial charge in [0.05, 0.1) is 12.7 Å². The summed E-state index contributed by atoms with van der Waals surface area (Å²) in [7, 11) is 1.38. The van der Waals surface area contributed by atoms with E-state index in [9.17, 15) is 4.79 Å². The summed E-state index contributed by atoms with van der Waals surface area (Å²) in [6, 6.07) is 13.4. The molecule has 0 bridgehead atoms. The Labute approximate surface area is 123 Å². The summed E-state index contributed by atoms with van der Waals surface area (Å²) in [6.45, 7) is 2.10. The molecule has 2 aromatic carbocycles. The monoisotopic (exact) mass is 287 g/mol. The molecule has 104 valence electrons. The van der Waals surface area contributed by atoms with Crippen molar-refractivity contribution in [2.75, 3.05) is 12.8 Å². The molecule has 20 heavy (non-hydrogen) atoms. The van der Waals surface area contributed by atoms with Gasteiger partial charge in [0.15, 0.2) is 0 Å². The molecule has 0 spiro atoms. The first kappa shape index (κ1) is 14.5. The Bertz CT molecular complexity index is 608. The van der Waals surface area contributed by atoms with Crippen LogP contribution in [0, 0.1) is 0 Å². The average Bonchev–Trinajstić information content (AvgIpc) is 2.49. The molecule has 0 aliphatic carbocycles. The highest BCUT2D eigenvalue weighted by molar-refractivity contribution is 7.99. The van der Waals surface area contributed by atoms with E-state index in [2.05, 4.69) is 17.7 Å². The van der Waals surface area contributed by atoms with Crippen LogP contribution in [0.3, 0.4) is 0 Å². The summed E-state index contributed by atoms with van der Waals surface area (Å²) in [5.74, 6) is -0.326. The normalized spacial score (nSPS) is 10.3. The number of nitrogens with two attached hydrogens (primary N) is 1. The Morgan fingerprint density at radius 1 is 1.20 bits per heavy atom. The summed E-state index contributed by atoms with van der Waals surface area (Å²) in [4.78, 5) is 13.4. The molecule has 0 aromatic heterocycles. The molecule has 0 saturated heterocycles. The molecular weight excluding hydrogens is 270 g/mol. The lowest BCUT2D eigenvalue weighted by molar-refractivity contribution is 0.0600. The number of esters is 1. The topological polar surface area (TPSA) is 52.3 Å². The molecular formula is C16H17NO2S. The van der Waals surface area contributed by atoms with Gasteiger partial charge in [0.1, 0.15) is 0 Å². The third-order valence-corrected chi connectivity index (χ3v) is 4.09. The van der Waals surface area contributed by atoms with Gasteiger partial charge in [-0.05, 0) is 48.4 Å². The van der Waals surface area contributed by atoms with Crippen LogP contribution in [-0.2, 0) is 11.2 Å². The second kappa shape index (κ2) is 6.48. The second-order valence-corrected chi connectivity index (χ2v) is 5.46. The smallest absolute Gasteiger partial charge is 0.337 e. The number of nitrogen functional groups attached to an aromatic ring is 1. The van der Waals surface area contributed by atoms with Gasteiger partial charge in [-0.1, -0.05) is 24.8 Å². The van der Waals surface area contributed by atoms with Gasteiger partial charge in [0.25, 0.3) is 0 Å². The number of rotatable bonds is 4. The first-order chi connectivity index (χ1) is 9.63. The largest absolute Gasteiger partial charge is 0.465 e. The van der Waals surface area contributed by atoms with Crippen molar-refractivity contribution in [3.63, 3.8) is 0 Å². The van der Waals surface area contributed by atoms with E-state index in [1.54, 1.807) is 23.9 Å². The van der Waals surface area contributed by atoms with Gasteiger partial charge in [0.2, 0.25) is 0 Å². The fourth-order valence-electron chi connectivity index (χ4n) is 1.81. The van der Waals surface area contributed by atoms with Gasteiger partial charge >= 0.3 is 5.97 Å². The van der Waals surface area contributed by atoms with Gasteiger partial charge in [-0.3, -0.25) is 0 Å². The highest BCUT2D eigenvalue weighted by Gasteiger charge is 2.06. The SMILES string of the molecule is CCc1ccc(Sc2ccc(C(=O)OC)cc2)c(N)c1. The van der Waals surface area contributed by atoms with E-state index in [1.807, 2.05) is 24.3 Å². The number of anilines is 1. The fourth-order valence-corrected chi connectivity index (χ4v) is 2.65. The zero-order chi connectivity index (χ0) is 14.5. The van der Waals surface area contributed by atoms with Crippen molar-refractivity contribution in [1.82, 2.24) is 0 Å². The Kier molecular flexibility index (Phi) is 4.69. The van der Waals surface area contributed by atoms with Crippen molar-refractivity contribution in [3.05, 3.63) is 53.6 Å². The number of benzene rings is 2. The lowest BCUT2D eigenvalue weighted by atomic mass is 10.1. The molecule has 2 rings (SSSR count). The van der Waals surface area contributed by atoms with E-state index in [1.165, 1.54) is 12.7 Å². The van der Waals surface area contributed by atoms with Crippen molar-refractivity contribution >= 4 is 23.4 Å². The predicted octanol–water partition coefficient (Wildman–Crippen LogP) is 3.77. The van der Waals surface area contributed by atoms with Crippen LogP contribution in [-0.4, -0.2) is 13.1 Å². The zero-order valence-electron chi connectivity index (χ0n) is 11.6. The fraction of sp³-hybridized carbons (Fsp3) is 0.188. The number of hydrogen-bond donors (Lipinski definition) is 1. The van der Waals surface area contributed by atoms with Gasteiger partial charge in [-0.15, -0.1) is 0 Å². The molecule has 0 radical (unpaired) electrons. The molecule has 0 fully saturated rings. The highest BCUT2D eigenvalue weighted by Crippen LogP contribution is 2.32. The number of methoxy groups -OCH3 is 1. The van der Waals surface area contributed by atoms with Crippen molar-refractivity contribution < 1.29 is 9.53 Å². The summed E-state index contributed by atoms with van der Waals surface area (Å²) in [5.41, 5.74) is 8.61. The maximum absolute atomic E-state index is 11.4. The van der Waals surface area contributed by atoms with Gasteiger partial charge < -0.3 is 10.5 Å². The Hall–Kier alpha value is -1.94. The minimum Gasteiger partial charge on any atom is -0.465 e.